The molecule has 2 atom stereocenters. The summed E-state index contributed by atoms with van der Waals surface area (Å²) < 4.78 is 39.9. The number of urea groups is 1. The summed E-state index contributed by atoms with van der Waals surface area (Å²) in [6.45, 7) is 3.24. The molecule has 0 spiro atoms. The Morgan fingerprint density at radius 1 is 1.05 bits per heavy atom. The summed E-state index contributed by atoms with van der Waals surface area (Å²) >= 11 is 6.64. The third-order valence-corrected chi connectivity index (χ3v) is 7.87. The van der Waals surface area contributed by atoms with Gasteiger partial charge in [0, 0.05) is 45.8 Å². The number of rotatable bonds is 8. The average molecular weight is 603 g/mol. The molecule has 2 saturated heterocycles. The van der Waals surface area contributed by atoms with Crippen molar-refractivity contribution in [3.05, 3.63) is 70.8 Å². The molecule has 0 saturated carbocycles. The number of likely N-dealkylation sites (tertiary alicyclic amines) is 2. The number of para-hydroxylation sites is 1. The molecule has 3 aromatic rings. The van der Waals surface area contributed by atoms with Crippen LogP contribution in [0.3, 0.4) is 0 Å². The Labute approximate surface area is 247 Å². The fraction of sp³-hybridized carbons (Fsp3) is 0.414. The monoisotopic (exact) mass is 602 g/mol. The maximum absolute atomic E-state index is 14.1. The molecule has 0 radical (unpaired) electrons. The maximum atomic E-state index is 14.1. The van der Waals surface area contributed by atoms with Crippen LogP contribution in [0.2, 0.25) is 5.02 Å². The van der Waals surface area contributed by atoms with E-state index in [1.807, 2.05) is 6.07 Å². The van der Waals surface area contributed by atoms with Gasteiger partial charge >= 0.3 is 12.1 Å². The van der Waals surface area contributed by atoms with Gasteiger partial charge in [-0.1, -0.05) is 35.9 Å². The summed E-state index contributed by atoms with van der Waals surface area (Å²) in [4.78, 5) is 29.9. The Morgan fingerprint density at radius 2 is 1.81 bits per heavy atom. The van der Waals surface area contributed by atoms with Crippen molar-refractivity contribution in [1.29, 1.82) is 0 Å². The fourth-order valence-corrected chi connectivity index (χ4v) is 5.56. The van der Waals surface area contributed by atoms with Crippen molar-refractivity contribution in [3.8, 4) is 11.6 Å². The van der Waals surface area contributed by atoms with Crippen LogP contribution < -0.4 is 15.4 Å². The molecular weight excluding hydrogens is 570 g/mol. The lowest BCUT2D eigenvalue weighted by atomic mass is 9.94. The summed E-state index contributed by atoms with van der Waals surface area (Å²) in [6.07, 6.45) is 2.29. The zero-order chi connectivity index (χ0) is 29.6. The first-order valence-corrected chi connectivity index (χ1v) is 14.3. The van der Waals surface area contributed by atoms with Crippen molar-refractivity contribution in [2.45, 2.75) is 31.2 Å². The van der Waals surface area contributed by atoms with E-state index in [4.69, 9.17) is 21.1 Å². The molecule has 1 aromatic heterocycles. The number of anilines is 1. The number of halogens is 3. The van der Waals surface area contributed by atoms with Crippen LogP contribution in [-0.2, 0) is 4.74 Å². The fourth-order valence-electron chi connectivity index (χ4n) is 5.36. The number of carbonyl (C=O) groups is 2. The molecule has 2 N–H and O–H groups in total. The van der Waals surface area contributed by atoms with E-state index < -0.39 is 29.8 Å². The molecule has 0 aliphatic carbocycles. The third-order valence-electron chi connectivity index (χ3n) is 7.52. The number of aromatic nitrogens is 2. The molecule has 3 amide bonds. The number of hydrogen-bond acceptors (Lipinski definition) is 6. The lowest BCUT2D eigenvalue weighted by Crippen LogP contribution is -2.42. The number of carbonyl (C=O) groups excluding carboxylic acids is 2. The van der Waals surface area contributed by atoms with Crippen molar-refractivity contribution in [1.82, 2.24) is 24.9 Å². The standard InChI is InChI=1S/C29H33ClF2N6O4/c1-41-15-14-36-17-21(19-10-11-22(31)23(32)16-19)24(18-36)33-28(39)34-26-25(30)27(35-38(26)20-8-4-2-5-9-20)42-29(40)37-12-6-3-7-13-37/h2,4-5,8-11,16,21,24H,3,6-7,12-15,17-18H2,1H3,(H2,33,34,39)/t21-,24+/m0/s1. The Balaban J connectivity index is 1.37. The van der Waals surface area contributed by atoms with Gasteiger partial charge in [-0.2, -0.15) is 0 Å². The number of benzene rings is 2. The van der Waals surface area contributed by atoms with Crippen molar-refractivity contribution >= 4 is 29.5 Å². The van der Waals surface area contributed by atoms with Crippen LogP contribution in [0.5, 0.6) is 5.88 Å². The van der Waals surface area contributed by atoms with Gasteiger partial charge in [0.15, 0.2) is 17.5 Å². The molecule has 3 heterocycles. The molecule has 42 heavy (non-hydrogen) atoms. The van der Waals surface area contributed by atoms with Gasteiger partial charge in [0.25, 0.3) is 5.88 Å². The van der Waals surface area contributed by atoms with Crippen LogP contribution in [-0.4, -0.2) is 84.2 Å². The number of nitrogens with one attached hydrogen (secondary N) is 2. The first-order chi connectivity index (χ1) is 20.3. The van der Waals surface area contributed by atoms with Gasteiger partial charge in [-0.3, -0.25) is 10.2 Å². The molecule has 0 bridgehead atoms. The molecule has 5 rings (SSSR count). The van der Waals surface area contributed by atoms with Crippen molar-refractivity contribution in [2.24, 2.45) is 0 Å². The zero-order valence-corrected chi connectivity index (χ0v) is 23.9. The van der Waals surface area contributed by atoms with E-state index in [1.54, 1.807) is 36.3 Å². The SMILES string of the molecule is COCCN1C[C@@H](NC(=O)Nc2c(Cl)c(OC(=O)N3CCCCC3)nn2-c2ccccc2)[C@H](c2ccc(F)c(F)c2)C1. The summed E-state index contributed by atoms with van der Waals surface area (Å²) in [5, 5.41) is 10.1. The summed E-state index contributed by atoms with van der Waals surface area (Å²) in [6, 6.07) is 11.7. The topological polar surface area (TPSA) is 101 Å². The lowest BCUT2D eigenvalue weighted by Gasteiger charge is -2.25. The number of methoxy groups -OCH3 is 1. The number of hydrogen-bond donors (Lipinski definition) is 2. The molecule has 0 unspecified atom stereocenters. The predicted octanol–water partition coefficient (Wildman–Crippen LogP) is 5.02. The predicted molar refractivity (Wildman–Crippen MR) is 153 cm³/mol. The largest absolute Gasteiger partial charge is 0.416 e. The van der Waals surface area contributed by atoms with Crippen molar-refractivity contribution in [2.75, 3.05) is 51.8 Å². The molecule has 13 heteroatoms. The highest BCUT2D eigenvalue weighted by Gasteiger charge is 2.36. The Kier molecular flexibility index (Phi) is 9.55. The normalized spacial score (nSPS) is 19.1. The summed E-state index contributed by atoms with van der Waals surface area (Å²) in [7, 11) is 1.60. The zero-order valence-electron chi connectivity index (χ0n) is 23.2. The van der Waals surface area contributed by atoms with E-state index in [9.17, 15) is 18.4 Å². The van der Waals surface area contributed by atoms with Gasteiger partial charge in [-0.25, -0.2) is 23.1 Å². The molecule has 2 aromatic carbocycles. The molecule has 224 valence electrons. The third kappa shape index (κ3) is 6.83. The first kappa shape index (κ1) is 29.7. The van der Waals surface area contributed by atoms with Crippen molar-refractivity contribution in [3.63, 3.8) is 0 Å². The van der Waals surface area contributed by atoms with Crippen molar-refractivity contribution < 1.29 is 27.8 Å². The van der Waals surface area contributed by atoms with Crippen LogP contribution in [0.15, 0.2) is 48.5 Å². The molecule has 2 aliphatic heterocycles. The van der Waals surface area contributed by atoms with Crippen LogP contribution >= 0.6 is 11.6 Å². The summed E-state index contributed by atoms with van der Waals surface area (Å²) in [5.41, 5.74) is 1.15. The van der Waals surface area contributed by atoms with Gasteiger partial charge in [0.05, 0.1) is 18.3 Å². The number of piperidine rings is 1. The van der Waals surface area contributed by atoms with E-state index in [1.165, 1.54) is 10.7 Å². The smallest absolute Gasteiger partial charge is 0.388 e. The van der Waals surface area contributed by atoms with Gasteiger partial charge in [-0.15, -0.1) is 5.10 Å². The first-order valence-electron chi connectivity index (χ1n) is 13.9. The maximum Gasteiger partial charge on any atom is 0.416 e. The molecule has 2 fully saturated rings. The molecule has 2 aliphatic rings. The van der Waals surface area contributed by atoms with Crippen LogP contribution in [0, 0.1) is 11.6 Å². The highest BCUT2D eigenvalue weighted by Crippen LogP contribution is 2.35. The van der Waals surface area contributed by atoms with E-state index >= 15 is 0 Å². The van der Waals surface area contributed by atoms with E-state index in [2.05, 4.69) is 20.6 Å². The van der Waals surface area contributed by atoms with Gasteiger partial charge < -0.3 is 19.7 Å². The van der Waals surface area contributed by atoms with Gasteiger partial charge in [-0.05, 0) is 49.1 Å². The lowest BCUT2D eigenvalue weighted by molar-refractivity contribution is 0.140. The molecular formula is C29H33ClF2N6O4. The Hall–Kier alpha value is -3.74. The highest BCUT2D eigenvalue weighted by atomic mass is 35.5. The second-order valence-electron chi connectivity index (χ2n) is 10.4. The quantitative estimate of drug-likeness (QED) is 0.375. The van der Waals surface area contributed by atoms with Crippen LogP contribution in [0.4, 0.5) is 24.2 Å². The number of ether oxygens (including phenoxy) is 2. The highest BCUT2D eigenvalue weighted by molar-refractivity contribution is 6.35. The van der Waals surface area contributed by atoms with Gasteiger partial charge in [0.2, 0.25) is 0 Å². The molecule has 10 nitrogen and oxygen atoms in total. The van der Waals surface area contributed by atoms with E-state index in [0.717, 1.165) is 31.4 Å². The Bertz CT molecular complexity index is 1400. The van der Waals surface area contributed by atoms with Gasteiger partial charge in [0.1, 0.15) is 5.02 Å². The minimum absolute atomic E-state index is 0.0374. The second kappa shape index (κ2) is 13.5. The Morgan fingerprint density at radius 3 is 2.52 bits per heavy atom. The van der Waals surface area contributed by atoms with E-state index in [-0.39, 0.29) is 22.6 Å². The van der Waals surface area contributed by atoms with Crippen LogP contribution in [0.1, 0.15) is 30.7 Å². The number of nitrogens with zero attached hydrogens (tertiary/aromatic N) is 4. The van der Waals surface area contributed by atoms with E-state index in [0.29, 0.717) is 50.6 Å². The summed E-state index contributed by atoms with van der Waals surface area (Å²) in [5.74, 6) is -2.21. The average Bonchev–Trinajstić information content (AvgIpc) is 3.54. The number of amides is 3. The minimum atomic E-state index is -0.948. The minimum Gasteiger partial charge on any atom is -0.388 e. The second-order valence-corrected chi connectivity index (χ2v) is 10.7. The van der Waals surface area contributed by atoms with Crippen LogP contribution in [0.25, 0.3) is 5.69 Å².